The zero-order valence-electron chi connectivity index (χ0n) is 15.0. The lowest BCUT2D eigenvalue weighted by atomic mass is 9.99. The van der Waals surface area contributed by atoms with Crippen LogP contribution in [0, 0.1) is 0 Å². The number of nitrogens with one attached hydrogen (secondary N) is 1. The minimum absolute atomic E-state index is 0.170. The van der Waals surface area contributed by atoms with Crippen molar-refractivity contribution in [1.82, 2.24) is 13.7 Å². The van der Waals surface area contributed by atoms with Crippen molar-refractivity contribution in [2.45, 2.75) is 6.04 Å². The predicted molar refractivity (Wildman–Crippen MR) is 106 cm³/mol. The largest absolute Gasteiger partial charge is 0.371 e. The van der Waals surface area contributed by atoms with E-state index in [-0.39, 0.29) is 17.3 Å². The van der Waals surface area contributed by atoms with Crippen LogP contribution in [0.5, 0.6) is 0 Å². The topological polar surface area (TPSA) is 61.0 Å². The van der Waals surface area contributed by atoms with Crippen molar-refractivity contribution in [3.05, 3.63) is 92.9 Å². The molecular formula is C21H18N4O2. The summed E-state index contributed by atoms with van der Waals surface area (Å²) in [5.41, 5.74) is 3.98. The summed E-state index contributed by atoms with van der Waals surface area (Å²) in [5.74, 6) is 0. The Morgan fingerprint density at radius 3 is 2.37 bits per heavy atom. The average molecular weight is 358 g/mol. The number of para-hydroxylation sites is 2. The minimum atomic E-state index is -0.327. The lowest BCUT2D eigenvalue weighted by Gasteiger charge is -2.30. The molecule has 6 nitrogen and oxygen atoms in total. The fourth-order valence-electron chi connectivity index (χ4n) is 4.00. The summed E-state index contributed by atoms with van der Waals surface area (Å²) in [6, 6.07) is 17.9. The number of fused-ring (bicyclic) bond motifs is 5. The molecule has 6 heteroatoms. The van der Waals surface area contributed by atoms with E-state index in [1.807, 2.05) is 65.4 Å². The molecule has 2 aromatic carbocycles. The molecule has 0 amide bonds. The smallest absolute Gasteiger partial charge is 0.331 e. The van der Waals surface area contributed by atoms with Crippen LogP contribution in [-0.4, -0.2) is 13.7 Å². The van der Waals surface area contributed by atoms with Gasteiger partial charge in [0.2, 0.25) is 0 Å². The van der Waals surface area contributed by atoms with Crippen LogP contribution in [0.2, 0.25) is 0 Å². The summed E-state index contributed by atoms with van der Waals surface area (Å²) in [7, 11) is 3.23. The van der Waals surface area contributed by atoms with Gasteiger partial charge in [0, 0.05) is 20.3 Å². The molecule has 27 heavy (non-hydrogen) atoms. The van der Waals surface area contributed by atoms with Gasteiger partial charge in [-0.25, -0.2) is 4.79 Å². The highest BCUT2D eigenvalue weighted by Crippen LogP contribution is 2.40. The number of benzene rings is 2. The molecular weight excluding hydrogens is 340 g/mol. The molecule has 0 aliphatic carbocycles. The van der Waals surface area contributed by atoms with E-state index in [1.165, 1.54) is 7.05 Å². The van der Waals surface area contributed by atoms with Gasteiger partial charge in [-0.1, -0.05) is 42.5 Å². The summed E-state index contributed by atoms with van der Waals surface area (Å²) in [6.45, 7) is 0. The molecule has 0 saturated carbocycles. The molecule has 0 bridgehead atoms. The minimum Gasteiger partial charge on any atom is -0.371 e. The van der Waals surface area contributed by atoms with Crippen molar-refractivity contribution in [2.75, 3.05) is 5.32 Å². The Morgan fingerprint density at radius 2 is 1.59 bits per heavy atom. The first kappa shape index (κ1) is 15.7. The number of hydrogen-bond donors (Lipinski definition) is 1. The molecule has 1 atom stereocenters. The molecule has 3 heterocycles. The Kier molecular flexibility index (Phi) is 3.18. The van der Waals surface area contributed by atoms with Gasteiger partial charge in [-0.15, -0.1) is 0 Å². The second-order valence-electron chi connectivity index (χ2n) is 6.86. The molecule has 1 aliphatic rings. The molecule has 0 unspecified atom stereocenters. The van der Waals surface area contributed by atoms with Crippen molar-refractivity contribution in [3.8, 4) is 5.69 Å². The second kappa shape index (κ2) is 5.48. The highest BCUT2D eigenvalue weighted by Gasteiger charge is 2.30. The second-order valence-corrected chi connectivity index (χ2v) is 6.86. The van der Waals surface area contributed by atoms with E-state index >= 15 is 0 Å². The molecule has 134 valence electrons. The van der Waals surface area contributed by atoms with Gasteiger partial charge in [-0.05, 0) is 17.7 Å². The van der Waals surface area contributed by atoms with Gasteiger partial charge < -0.3 is 9.88 Å². The fraction of sp³-hybridized carbons (Fsp3) is 0.143. The number of hydrogen-bond acceptors (Lipinski definition) is 3. The molecule has 5 rings (SSSR count). The maximum atomic E-state index is 12.8. The highest BCUT2D eigenvalue weighted by molar-refractivity contribution is 5.86. The van der Waals surface area contributed by atoms with Crippen LogP contribution in [0.25, 0.3) is 16.6 Å². The summed E-state index contributed by atoms with van der Waals surface area (Å²) >= 11 is 0. The van der Waals surface area contributed by atoms with Crippen LogP contribution in [0.3, 0.4) is 0 Å². The van der Waals surface area contributed by atoms with Crippen LogP contribution < -0.4 is 16.6 Å². The van der Waals surface area contributed by atoms with Gasteiger partial charge in [-0.3, -0.25) is 13.9 Å². The Bertz CT molecular complexity index is 1310. The molecule has 4 aromatic rings. The van der Waals surface area contributed by atoms with Crippen LogP contribution in [0.1, 0.15) is 17.3 Å². The Labute approximate surface area is 154 Å². The average Bonchev–Trinajstić information content (AvgIpc) is 3.12. The monoisotopic (exact) mass is 358 g/mol. The SMILES string of the molecule is Cn1c(=O)c2cn3c(c2n(C)c1=O)[C@@H](c1ccccc1)Nc1ccccc1-3. The van der Waals surface area contributed by atoms with Gasteiger partial charge in [-0.2, -0.15) is 0 Å². The first-order valence-corrected chi connectivity index (χ1v) is 8.80. The van der Waals surface area contributed by atoms with Crippen LogP contribution >= 0.6 is 0 Å². The first-order valence-electron chi connectivity index (χ1n) is 8.80. The van der Waals surface area contributed by atoms with Crippen LogP contribution in [0.15, 0.2) is 70.4 Å². The quantitative estimate of drug-likeness (QED) is 0.569. The van der Waals surface area contributed by atoms with E-state index < -0.39 is 0 Å². The van der Waals surface area contributed by atoms with Crippen molar-refractivity contribution in [3.63, 3.8) is 0 Å². The van der Waals surface area contributed by atoms with E-state index in [2.05, 4.69) is 5.32 Å². The van der Waals surface area contributed by atoms with E-state index in [0.717, 1.165) is 27.2 Å². The summed E-state index contributed by atoms with van der Waals surface area (Å²) < 4.78 is 4.76. The normalized spacial score (nSPS) is 15.3. The third-order valence-electron chi connectivity index (χ3n) is 5.33. The lowest BCUT2D eigenvalue weighted by molar-refractivity contribution is 0.708. The van der Waals surface area contributed by atoms with E-state index in [9.17, 15) is 9.59 Å². The van der Waals surface area contributed by atoms with E-state index in [4.69, 9.17) is 0 Å². The first-order chi connectivity index (χ1) is 13.1. The zero-order chi connectivity index (χ0) is 18.7. The van der Waals surface area contributed by atoms with Crippen molar-refractivity contribution < 1.29 is 0 Å². The molecule has 1 aliphatic heterocycles. The molecule has 2 aromatic heterocycles. The van der Waals surface area contributed by atoms with Gasteiger partial charge in [0.25, 0.3) is 5.56 Å². The van der Waals surface area contributed by atoms with Gasteiger partial charge >= 0.3 is 5.69 Å². The maximum Gasteiger partial charge on any atom is 0.331 e. The third-order valence-corrected chi connectivity index (χ3v) is 5.33. The van der Waals surface area contributed by atoms with Crippen LogP contribution in [-0.2, 0) is 14.1 Å². The molecule has 0 spiro atoms. The van der Waals surface area contributed by atoms with Gasteiger partial charge in [0.1, 0.15) is 0 Å². The summed E-state index contributed by atoms with van der Waals surface area (Å²) in [6.07, 6.45) is 1.85. The molecule has 1 N–H and O–H groups in total. The predicted octanol–water partition coefficient (Wildman–Crippen LogP) is 2.54. The third kappa shape index (κ3) is 2.07. The Hall–Kier alpha value is -3.54. The Balaban J connectivity index is 1.96. The zero-order valence-corrected chi connectivity index (χ0v) is 15.0. The summed E-state index contributed by atoms with van der Waals surface area (Å²) in [5, 5.41) is 4.12. The number of aromatic nitrogens is 3. The highest BCUT2D eigenvalue weighted by atomic mass is 16.2. The van der Waals surface area contributed by atoms with Crippen LogP contribution in [0.4, 0.5) is 5.69 Å². The maximum absolute atomic E-state index is 12.8. The standard InChI is InChI=1S/C21H18N4O2/c1-23-18-14(20(26)24(2)21(23)27)12-25-16-11-7-6-10-15(16)22-17(19(18)25)13-8-4-3-5-9-13/h3-12,17,22H,1-2H3/t17-/m1/s1. The number of nitrogens with zero attached hydrogens (tertiary/aromatic N) is 3. The van der Waals surface area contributed by atoms with Gasteiger partial charge in [0.15, 0.2) is 0 Å². The number of rotatable bonds is 1. The number of aryl methyl sites for hydroxylation is 1. The number of anilines is 1. The van der Waals surface area contributed by atoms with Crippen molar-refractivity contribution in [2.24, 2.45) is 14.1 Å². The van der Waals surface area contributed by atoms with Crippen molar-refractivity contribution >= 4 is 16.6 Å². The fourth-order valence-corrected chi connectivity index (χ4v) is 4.00. The lowest BCUT2D eigenvalue weighted by Crippen LogP contribution is -2.37. The van der Waals surface area contributed by atoms with Gasteiger partial charge in [0.05, 0.1) is 34.0 Å². The Morgan fingerprint density at radius 1 is 0.889 bits per heavy atom. The van der Waals surface area contributed by atoms with Crippen molar-refractivity contribution in [1.29, 1.82) is 0 Å². The molecule has 0 radical (unpaired) electrons. The van der Waals surface area contributed by atoms with E-state index in [1.54, 1.807) is 11.6 Å². The molecule has 0 saturated heterocycles. The van der Waals surface area contributed by atoms with E-state index in [0.29, 0.717) is 10.9 Å². The molecule has 0 fully saturated rings. The summed E-state index contributed by atoms with van der Waals surface area (Å²) in [4.78, 5) is 25.4.